The molecule has 0 unspecified atom stereocenters. The van der Waals surface area contributed by atoms with Gasteiger partial charge in [0.2, 0.25) is 6.41 Å². The van der Waals surface area contributed by atoms with Crippen LogP contribution in [0.3, 0.4) is 0 Å². The Morgan fingerprint density at radius 2 is 2.31 bits per heavy atom. The topological polar surface area (TPSA) is 55.1 Å². The SMILES string of the molecule is NC(=S)c1ccc(NC=O)cc1Cl. The average Bonchev–Trinajstić information content (AvgIpc) is 2.04. The molecular formula is C8H7ClN2OS. The van der Waals surface area contributed by atoms with Crippen molar-refractivity contribution in [3.63, 3.8) is 0 Å². The van der Waals surface area contributed by atoms with Crippen molar-refractivity contribution in [1.29, 1.82) is 0 Å². The van der Waals surface area contributed by atoms with Crippen LogP contribution in [0.5, 0.6) is 0 Å². The van der Waals surface area contributed by atoms with Gasteiger partial charge in [-0.15, -0.1) is 0 Å². The Labute approximate surface area is 85.9 Å². The summed E-state index contributed by atoms with van der Waals surface area (Å²) in [6.07, 6.45) is 0.575. The Morgan fingerprint density at radius 3 is 2.77 bits per heavy atom. The molecule has 1 rings (SSSR count). The summed E-state index contributed by atoms with van der Waals surface area (Å²) in [6.45, 7) is 0. The molecule has 0 aliphatic heterocycles. The summed E-state index contributed by atoms with van der Waals surface area (Å²) in [6, 6.07) is 4.93. The van der Waals surface area contributed by atoms with Crippen LogP contribution in [0, 0.1) is 0 Å². The van der Waals surface area contributed by atoms with E-state index in [4.69, 9.17) is 29.6 Å². The predicted molar refractivity (Wildman–Crippen MR) is 57.0 cm³/mol. The molecule has 5 heteroatoms. The number of nitrogens with one attached hydrogen (secondary N) is 1. The molecular weight excluding hydrogens is 208 g/mol. The third kappa shape index (κ3) is 2.40. The average molecular weight is 215 g/mol. The van der Waals surface area contributed by atoms with Gasteiger partial charge in [0.1, 0.15) is 4.99 Å². The first-order valence-electron chi connectivity index (χ1n) is 3.44. The molecule has 0 atom stereocenters. The number of rotatable bonds is 3. The smallest absolute Gasteiger partial charge is 0.211 e. The first-order valence-corrected chi connectivity index (χ1v) is 4.23. The highest BCUT2D eigenvalue weighted by atomic mass is 35.5. The Hall–Kier alpha value is -1.13. The van der Waals surface area contributed by atoms with Crippen molar-refractivity contribution < 1.29 is 4.79 Å². The molecule has 0 fully saturated rings. The van der Waals surface area contributed by atoms with Gasteiger partial charge in [-0.2, -0.15) is 0 Å². The number of halogens is 1. The van der Waals surface area contributed by atoms with Crippen LogP contribution in [0.15, 0.2) is 18.2 Å². The highest BCUT2D eigenvalue weighted by Crippen LogP contribution is 2.20. The summed E-state index contributed by atoms with van der Waals surface area (Å²) in [7, 11) is 0. The molecule has 0 heterocycles. The molecule has 0 aromatic heterocycles. The highest BCUT2D eigenvalue weighted by Gasteiger charge is 2.03. The summed E-state index contributed by atoms with van der Waals surface area (Å²) >= 11 is 10.6. The summed E-state index contributed by atoms with van der Waals surface area (Å²) in [5, 5.41) is 2.90. The molecule has 3 N–H and O–H groups in total. The maximum atomic E-state index is 10.1. The standard InChI is InChI=1S/C8H7ClN2OS/c9-7-3-5(11-4-12)1-2-6(7)8(10)13/h1-4H,(H2,10,13)(H,11,12). The zero-order valence-corrected chi connectivity index (χ0v) is 8.15. The minimum absolute atomic E-state index is 0.239. The summed E-state index contributed by atoms with van der Waals surface area (Å²) in [5.41, 5.74) is 6.61. The van der Waals surface area contributed by atoms with Crippen LogP contribution in [0.25, 0.3) is 0 Å². The van der Waals surface area contributed by atoms with Gasteiger partial charge >= 0.3 is 0 Å². The van der Waals surface area contributed by atoms with E-state index < -0.39 is 0 Å². The third-order valence-corrected chi connectivity index (χ3v) is 1.99. The molecule has 0 bridgehead atoms. The van der Waals surface area contributed by atoms with E-state index in [9.17, 15) is 4.79 Å². The van der Waals surface area contributed by atoms with Crippen LogP contribution >= 0.6 is 23.8 Å². The molecule has 0 aliphatic carbocycles. The number of hydrogen-bond acceptors (Lipinski definition) is 2. The normalized spacial score (nSPS) is 9.31. The Balaban J connectivity index is 3.05. The summed E-state index contributed by atoms with van der Waals surface area (Å²) in [5.74, 6) is 0. The van der Waals surface area contributed by atoms with E-state index in [0.717, 1.165) is 0 Å². The van der Waals surface area contributed by atoms with Gasteiger partial charge in [-0.1, -0.05) is 23.8 Å². The summed E-state index contributed by atoms with van der Waals surface area (Å²) in [4.78, 5) is 10.3. The zero-order valence-electron chi connectivity index (χ0n) is 6.58. The van der Waals surface area contributed by atoms with Crippen molar-refractivity contribution in [2.45, 2.75) is 0 Å². The first kappa shape index (κ1) is 9.95. The predicted octanol–water partition coefficient (Wildman–Crippen LogP) is 1.54. The Bertz CT molecular complexity index is 354. The Morgan fingerprint density at radius 1 is 1.62 bits per heavy atom. The molecule has 1 aromatic carbocycles. The highest BCUT2D eigenvalue weighted by molar-refractivity contribution is 7.80. The lowest BCUT2D eigenvalue weighted by atomic mass is 10.2. The lowest BCUT2D eigenvalue weighted by molar-refractivity contribution is -0.105. The second kappa shape index (κ2) is 4.20. The van der Waals surface area contributed by atoms with E-state index in [1.54, 1.807) is 18.2 Å². The van der Waals surface area contributed by atoms with Gasteiger partial charge < -0.3 is 11.1 Å². The lowest BCUT2D eigenvalue weighted by Crippen LogP contribution is -2.10. The van der Waals surface area contributed by atoms with Gasteiger partial charge in [-0.05, 0) is 18.2 Å². The van der Waals surface area contributed by atoms with Crippen LogP contribution in [0.2, 0.25) is 5.02 Å². The van der Waals surface area contributed by atoms with Gasteiger partial charge in [0, 0.05) is 11.3 Å². The fourth-order valence-electron chi connectivity index (χ4n) is 0.873. The maximum absolute atomic E-state index is 10.1. The van der Waals surface area contributed by atoms with Crippen molar-refractivity contribution in [2.24, 2.45) is 5.73 Å². The van der Waals surface area contributed by atoms with E-state index in [-0.39, 0.29) is 4.99 Å². The van der Waals surface area contributed by atoms with Crippen molar-refractivity contribution in [2.75, 3.05) is 5.32 Å². The van der Waals surface area contributed by atoms with Gasteiger partial charge in [0.15, 0.2) is 0 Å². The molecule has 0 saturated carbocycles. The van der Waals surface area contributed by atoms with Crippen molar-refractivity contribution in [3.8, 4) is 0 Å². The number of nitrogens with two attached hydrogens (primary N) is 1. The molecule has 3 nitrogen and oxygen atoms in total. The van der Waals surface area contributed by atoms with Crippen molar-refractivity contribution in [1.82, 2.24) is 0 Å². The zero-order chi connectivity index (χ0) is 9.84. The summed E-state index contributed by atoms with van der Waals surface area (Å²) < 4.78 is 0. The Kier molecular flexibility index (Phi) is 3.22. The minimum atomic E-state index is 0.239. The van der Waals surface area contributed by atoms with E-state index in [1.165, 1.54) is 0 Å². The number of anilines is 1. The minimum Gasteiger partial charge on any atom is -0.389 e. The number of amides is 1. The number of carbonyl (C=O) groups is 1. The molecule has 0 aliphatic rings. The van der Waals surface area contributed by atoms with Crippen LogP contribution in [0.1, 0.15) is 5.56 Å². The van der Waals surface area contributed by atoms with Crippen molar-refractivity contribution in [3.05, 3.63) is 28.8 Å². The van der Waals surface area contributed by atoms with Gasteiger partial charge in [0.05, 0.1) is 5.02 Å². The van der Waals surface area contributed by atoms with E-state index in [2.05, 4.69) is 5.32 Å². The monoisotopic (exact) mass is 214 g/mol. The molecule has 0 spiro atoms. The van der Waals surface area contributed by atoms with Gasteiger partial charge in [-0.3, -0.25) is 4.79 Å². The van der Waals surface area contributed by atoms with Crippen LogP contribution in [-0.2, 0) is 4.79 Å². The number of benzene rings is 1. The number of hydrogen-bond donors (Lipinski definition) is 2. The van der Waals surface area contributed by atoms with E-state index >= 15 is 0 Å². The quantitative estimate of drug-likeness (QED) is 0.593. The number of carbonyl (C=O) groups excluding carboxylic acids is 1. The fraction of sp³-hybridized carbons (Fsp3) is 0. The first-order chi connectivity index (χ1) is 6.15. The molecule has 68 valence electrons. The van der Waals surface area contributed by atoms with Gasteiger partial charge in [-0.25, -0.2) is 0 Å². The molecule has 0 radical (unpaired) electrons. The molecule has 0 saturated heterocycles. The van der Waals surface area contributed by atoms with Crippen LogP contribution in [-0.4, -0.2) is 11.4 Å². The molecule has 1 aromatic rings. The fourth-order valence-corrected chi connectivity index (χ4v) is 1.39. The van der Waals surface area contributed by atoms with Crippen molar-refractivity contribution >= 4 is 40.9 Å². The van der Waals surface area contributed by atoms with Gasteiger partial charge in [0.25, 0.3) is 0 Å². The van der Waals surface area contributed by atoms with Crippen LogP contribution in [0.4, 0.5) is 5.69 Å². The van der Waals surface area contributed by atoms with E-state index in [1.807, 2.05) is 0 Å². The number of thiocarbonyl (C=S) groups is 1. The molecule has 1 amide bonds. The maximum Gasteiger partial charge on any atom is 0.211 e. The largest absolute Gasteiger partial charge is 0.389 e. The van der Waals surface area contributed by atoms with Crippen LogP contribution < -0.4 is 11.1 Å². The van der Waals surface area contributed by atoms with E-state index in [0.29, 0.717) is 22.7 Å². The lowest BCUT2D eigenvalue weighted by Gasteiger charge is -2.03. The third-order valence-electron chi connectivity index (χ3n) is 1.46. The molecule has 13 heavy (non-hydrogen) atoms. The second-order valence-corrected chi connectivity index (χ2v) is 3.17. The second-order valence-electron chi connectivity index (χ2n) is 2.32.